The molecule has 0 aromatic rings. The first-order chi connectivity index (χ1) is 8.23. The molecule has 1 aliphatic rings. The van der Waals surface area contributed by atoms with Crippen molar-refractivity contribution in [2.24, 2.45) is 5.73 Å². The average Bonchev–Trinajstić information content (AvgIpc) is 2.25. The Kier molecular flexibility index (Phi) is 5.12. The Bertz CT molecular complexity index is 392. The van der Waals surface area contributed by atoms with Crippen LogP contribution in [0, 0.1) is 0 Å². The second kappa shape index (κ2) is 5.99. The molecule has 0 atom stereocenters. The van der Waals surface area contributed by atoms with Gasteiger partial charge in [0.2, 0.25) is 5.91 Å². The summed E-state index contributed by atoms with van der Waals surface area (Å²) < 4.78 is 23.5. The summed E-state index contributed by atoms with van der Waals surface area (Å²) in [5.74, 6) is -0.625. The van der Waals surface area contributed by atoms with Gasteiger partial charge in [0.05, 0.1) is 11.5 Å². The van der Waals surface area contributed by atoms with Crippen LogP contribution in [-0.4, -0.2) is 62.4 Å². The molecule has 106 valence electrons. The Hall–Kier alpha value is -0.660. The van der Waals surface area contributed by atoms with E-state index in [4.69, 9.17) is 5.73 Å². The minimum absolute atomic E-state index is 0.0303. The summed E-state index contributed by atoms with van der Waals surface area (Å²) in [6.07, 6.45) is -0.0900. The fourth-order valence-corrected chi connectivity index (χ4v) is 3.26. The van der Waals surface area contributed by atoms with Gasteiger partial charge < -0.3 is 11.1 Å². The van der Waals surface area contributed by atoms with Crippen LogP contribution in [0.1, 0.15) is 20.3 Å². The summed E-state index contributed by atoms with van der Waals surface area (Å²) in [4.78, 5) is 12.8. The highest BCUT2D eigenvalue weighted by Gasteiger charge is 2.30. The lowest BCUT2D eigenvalue weighted by Crippen LogP contribution is -2.58. The molecule has 1 heterocycles. The molecule has 0 aromatic carbocycles. The van der Waals surface area contributed by atoms with Crippen molar-refractivity contribution < 1.29 is 13.2 Å². The number of hydrogen-bond donors (Lipinski definition) is 2. The molecule has 1 fully saturated rings. The Morgan fingerprint density at radius 3 is 2.61 bits per heavy atom. The molecule has 0 aromatic heterocycles. The number of hydrogen-bond acceptors (Lipinski definition) is 5. The third kappa shape index (κ3) is 4.91. The summed E-state index contributed by atoms with van der Waals surface area (Å²) >= 11 is 0. The van der Waals surface area contributed by atoms with E-state index in [9.17, 15) is 13.2 Å². The molecule has 1 amide bonds. The molecule has 0 spiro atoms. The highest BCUT2D eigenvalue weighted by Crippen LogP contribution is 2.15. The monoisotopic (exact) mass is 277 g/mol. The normalized spacial score (nSPS) is 20.8. The molecule has 1 aliphatic heterocycles. The number of amides is 1. The zero-order chi connectivity index (χ0) is 13.8. The average molecular weight is 277 g/mol. The largest absolute Gasteiger partial charge is 0.370 e. The van der Waals surface area contributed by atoms with Crippen LogP contribution in [0.4, 0.5) is 0 Å². The summed E-state index contributed by atoms with van der Waals surface area (Å²) in [5.41, 5.74) is 4.93. The second-order valence-corrected chi connectivity index (χ2v) is 7.65. The SMILES string of the molecule is CC1(C)CNCCN1CCS(=O)(=O)CCC(N)=O. The van der Waals surface area contributed by atoms with Gasteiger partial charge >= 0.3 is 0 Å². The maximum absolute atomic E-state index is 11.7. The maximum Gasteiger partial charge on any atom is 0.218 e. The van der Waals surface area contributed by atoms with E-state index in [0.717, 1.165) is 19.6 Å². The van der Waals surface area contributed by atoms with Gasteiger partial charge in [-0.15, -0.1) is 0 Å². The van der Waals surface area contributed by atoms with E-state index in [1.165, 1.54) is 0 Å². The van der Waals surface area contributed by atoms with E-state index in [2.05, 4.69) is 24.1 Å². The van der Waals surface area contributed by atoms with Crippen LogP contribution < -0.4 is 11.1 Å². The lowest BCUT2D eigenvalue weighted by molar-refractivity contribution is -0.117. The lowest BCUT2D eigenvalue weighted by Gasteiger charge is -2.42. The molecule has 0 radical (unpaired) electrons. The van der Waals surface area contributed by atoms with Crippen molar-refractivity contribution in [2.45, 2.75) is 25.8 Å². The zero-order valence-electron chi connectivity index (χ0n) is 11.1. The number of rotatable bonds is 6. The van der Waals surface area contributed by atoms with Crippen molar-refractivity contribution in [3.63, 3.8) is 0 Å². The Labute approximate surface area is 109 Å². The second-order valence-electron chi connectivity index (χ2n) is 5.34. The molecule has 0 unspecified atom stereocenters. The van der Waals surface area contributed by atoms with Gasteiger partial charge in [0.25, 0.3) is 0 Å². The number of nitrogens with two attached hydrogens (primary N) is 1. The van der Waals surface area contributed by atoms with Gasteiger partial charge in [-0.05, 0) is 13.8 Å². The first-order valence-corrected chi connectivity index (χ1v) is 8.00. The van der Waals surface area contributed by atoms with Crippen molar-refractivity contribution in [2.75, 3.05) is 37.7 Å². The third-order valence-corrected chi connectivity index (χ3v) is 4.93. The van der Waals surface area contributed by atoms with E-state index in [0.29, 0.717) is 6.54 Å². The van der Waals surface area contributed by atoms with Crippen molar-refractivity contribution >= 4 is 15.7 Å². The Balaban J connectivity index is 2.46. The minimum Gasteiger partial charge on any atom is -0.370 e. The lowest BCUT2D eigenvalue weighted by atomic mass is 10.0. The van der Waals surface area contributed by atoms with Crippen molar-refractivity contribution in [1.29, 1.82) is 0 Å². The summed E-state index contributed by atoms with van der Waals surface area (Å²) in [6.45, 7) is 7.28. The predicted octanol–water partition coefficient (Wildman–Crippen LogP) is -1.04. The molecule has 0 saturated carbocycles. The van der Waals surface area contributed by atoms with Crippen LogP contribution in [0.2, 0.25) is 0 Å². The molecule has 0 bridgehead atoms. The molecule has 0 aliphatic carbocycles. The molecular weight excluding hydrogens is 254 g/mol. The standard InChI is InChI=1S/C11H23N3O3S/c1-11(2)9-13-4-5-14(11)6-8-18(16,17)7-3-10(12)15/h13H,3-9H2,1-2H3,(H2,12,15). The van der Waals surface area contributed by atoms with Crippen LogP contribution in [0.3, 0.4) is 0 Å². The maximum atomic E-state index is 11.7. The molecule has 7 heteroatoms. The summed E-state index contributed by atoms with van der Waals surface area (Å²) in [7, 11) is -3.19. The van der Waals surface area contributed by atoms with Gasteiger partial charge in [-0.3, -0.25) is 9.69 Å². The predicted molar refractivity (Wildman–Crippen MR) is 71.0 cm³/mol. The van der Waals surface area contributed by atoms with Crippen LogP contribution in [0.15, 0.2) is 0 Å². The smallest absolute Gasteiger partial charge is 0.218 e. The molecule has 18 heavy (non-hydrogen) atoms. The van der Waals surface area contributed by atoms with E-state index in [1.54, 1.807) is 0 Å². The van der Waals surface area contributed by atoms with Crippen molar-refractivity contribution in [1.82, 2.24) is 10.2 Å². The zero-order valence-corrected chi connectivity index (χ0v) is 11.9. The number of carbonyl (C=O) groups is 1. The van der Waals surface area contributed by atoms with Crippen molar-refractivity contribution in [3.8, 4) is 0 Å². The first-order valence-electron chi connectivity index (χ1n) is 6.17. The number of primary amides is 1. The fourth-order valence-electron chi connectivity index (χ4n) is 2.04. The van der Waals surface area contributed by atoms with Gasteiger partial charge in [-0.1, -0.05) is 0 Å². The topological polar surface area (TPSA) is 92.5 Å². The van der Waals surface area contributed by atoms with Crippen LogP contribution in [-0.2, 0) is 14.6 Å². The molecule has 1 rings (SSSR count). The highest BCUT2D eigenvalue weighted by atomic mass is 32.2. The summed E-state index contributed by atoms with van der Waals surface area (Å²) in [5, 5.41) is 3.29. The molecular formula is C11H23N3O3S. The van der Waals surface area contributed by atoms with Crippen molar-refractivity contribution in [3.05, 3.63) is 0 Å². The third-order valence-electron chi connectivity index (χ3n) is 3.30. The van der Waals surface area contributed by atoms with E-state index in [-0.39, 0.29) is 23.5 Å². The summed E-state index contributed by atoms with van der Waals surface area (Å²) in [6, 6.07) is 0. The number of nitrogens with zero attached hydrogens (tertiary/aromatic N) is 1. The first kappa shape index (κ1) is 15.4. The number of piperazine rings is 1. The van der Waals surface area contributed by atoms with Gasteiger partial charge in [0, 0.05) is 38.1 Å². The fraction of sp³-hybridized carbons (Fsp3) is 0.909. The van der Waals surface area contributed by atoms with Gasteiger partial charge in [0.1, 0.15) is 0 Å². The number of carbonyl (C=O) groups excluding carboxylic acids is 1. The number of nitrogens with one attached hydrogen (secondary N) is 1. The van der Waals surface area contributed by atoms with Gasteiger partial charge in [-0.25, -0.2) is 8.42 Å². The van der Waals surface area contributed by atoms with Crippen LogP contribution >= 0.6 is 0 Å². The van der Waals surface area contributed by atoms with Gasteiger partial charge in [-0.2, -0.15) is 0 Å². The Morgan fingerprint density at radius 1 is 1.39 bits per heavy atom. The molecule has 1 saturated heterocycles. The molecule has 6 nitrogen and oxygen atoms in total. The van der Waals surface area contributed by atoms with Crippen LogP contribution in [0.5, 0.6) is 0 Å². The Morgan fingerprint density at radius 2 is 2.06 bits per heavy atom. The minimum atomic E-state index is -3.19. The van der Waals surface area contributed by atoms with Crippen LogP contribution in [0.25, 0.3) is 0 Å². The van der Waals surface area contributed by atoms with Gasteiger partial charge in [0.15, 0.2) is 9.84 Å². The van der Waals surface area contributed by atoms with E-state index in [1.807, 2.05) is 0 Å². The molecule has 3 N–H and O–H groups in total. The highest BCUT2D eigenvalue weighted by molar-refractivity contribution is 7.91. The van der Waals surface area contributed by atoms with E-state index < -0.39 is 15.7 Å². The number of sulfone groups is 1. The quantitative estimate of drug-likeness (QED) is 0.647. The van der Waals surface area contributed by atoms with E-state index >= 15 is 0 Å².